The number of aromatic nitrogens is 1. The second-order valence-electron chi connectivity index (χ2n) is 10.1. The van der Waals surface area contributed by atoms with Crippen LogP contribution in [0.1, 0.15) is 59.7 Å². The minimum atomic E-state index is -0.930. The number of carbonyl (C=O) groups is 3. The molecule has 224 valence electrons. The van der Waals surface area contributed by atoms with Crippen molar-refractivity contribution in [2.24, 2.45) is 0 Å². The predicted octanol–water partition coefficient (Wildman–Crippen LogP) is 6.88. The van der Waals surface area contributed by atoms with Crippen LogP contribution in [0, 0.1) is 5.82 Å². The maximum Gasteiger partial charge on any atom is 0.307 e. The fourth-order valence-electron chi connectivity index (χ4n) is 4.89. The Kier molecular flexibility index (Phi) is 10.7. The molecule has 0 saturated carbocycles. The number of carboxylic acid groups (broad SMARTS) is 2. The molecule has 9 heteroatoms. The minimum Gasteiger partial charge on any atom is -0.494 e. The molecule has 4 aromatic rings. The van der Waals surface area contributed by atoms with Crippen LogP contribution >= 0.6 is 0 Å². The zero-order chi connectivity index (χ0) is 30.8. The van der Waals surface area contributed by atoms with E-state index in [1.54, 1.807) is 12.3 Å². The molecule has 43 heavy (non-hydrogen) atoms. The highest BCUT2D eigenvalue weighted by Crippen LogP contribution is 2.28. The van der Waals surface area contributed by atoms with E-state index in [0.717, 1.165) is 22.0 Å². The van der Waals surface area contributed by atoms with Crippen molar-refractivity contribution < 1.29 is 38.5 Å². The van der Waals surface area contributed by atoms with E-state index in [4.69, 9.17) is 14.6 Å². The highest BCUT2D eigenvalue weighted by molar-refractivity contribution is 5.97. The van der Waals surface area contributed by atoms with Crippen molar-refractivity contribution >= 4 is 40.8 Å². The third-order valence-electron chi connectivity index (χ3n) is 6.88. The average Bonchev–Trinajstić information content (AvgIpc) is 3.31. The first-order valence-corrected chi connectivity index (χ1v) is 14.1. The van der Waals surface area contributed by atoms with E-state index in [2.05, 4.69) is 0 Å². The molecular weight excluding hydrogens is 553 g/mol. The van der Waals surface area contributed by atoms with Crippen molar-refractivity contribution in [3.63, 3.8) is 0 Å². The van der Waals surface area contributed by atoms with E-state index in [0.29, 0.717) is 50.3 Å². The Hall–Kier alpha value is -4.92. The van der Waals surface area contributed by atoms with Crippen LogP contribution in [0.2, 0.25) is 0 Å². The fraction of sp³-hybridized carbons (Fsp3) is 0.265. The van der Waals surface area contributed by atoms with Crippen molar-refractivity contribution in [1.82, 2.24) is 4.57 Å². The van der Waals surface area contributed by atoms with E-state index in [-0.39, 0.29) is 29.9 Å². The Morgan fingerprint density at radius 3 is 2.28 bits per heavy atom. The Bertz CT molecular complexity index is 1620. The van der Waals surface area contributed by atoms with Crippen LogP contribution in [0.5, 0.6) is 11.5 Å². The summed E-state index contributed by atoms with van der Waals surface area (Å²) in [6.07, 6.45) is 7.45. The lowest BCUT2D eigenvalue weighted by Gasteiger charge is -2.11. The number of ether oxygens (including phenoxy) is 2. The summed E-state index contributed by atoms with van der Waals surface area (Å²) in [4.78, 5) is 34.2. The highest BCUT2D eigenvalue weighted by atomic mass is 19.1. The first kappa shape index (κ1) is 31.0. The minimum absolute atomic E-state index is 0.0309. The molecule has 8 nitrogen and oxygen atoms in total. The first-order chi connectivity index (χ1) is 20.7. The number of benzene rings is 3. The summed E-state index contributed by atoms with van der Waals surface area (Å²) in [6, 6.07) is 17.7. The number of unbranched alkanes of at least 4 members (excludes halogenated alkanes) is 1. The number of carbonyl (C=O) groups excluding carboxylic acids is 1. The van der Waals surface area contributed by atoms with Gasteiger partial charge in [-0.3, -0.25) is 14.4 Å². The summed E-state index contributed by atoms with van der Waals surface area (Å²) in [5, 5.41) is 19.3. The molecular formula is C34H34FNO7. The van der Waals surface area contributed by atoms with E-state index < -0.39 is 17.8 Å². The number of ketones is 1. The number of aryl methyl sites for hydroxylation is 1. The van der Waals surface area contributed by atoms with Crippen LogP contribution in [0.25, 0.3) is 23.1 Å². The number of carboxylic acids is 2. The number of hydrogen-bond donors (Lipinski definition) is 2. The van der Waals surface area contributed by atoms with Crippen molar-refractivity contribution in [2.45, 2.75) is 45.6 Å². The molecule has 0 aliphatic heterocycles. The summed E-state index contributed by atoms with van der Waals surface area (Å²) < 4.78 is 27.3. The second kappa shape index (κ2) is 14.8. The van der Waals surface area contributed by atoms with Gasteiger partial charge in [0.05, 0.1) is 25.2 Å². The molecule has 0 radical (unpaired) electrons. The van der Waals surface area contributed by atoms with Gasteiger partial charge in [0, 0.05) is 30.1 Å². The molecule has 0 fully saturated rings. The number of Topliss-reactive ketones (excluding diaryl/α,β-unsaturated/α-hetero) is 1. The normalized spacial score (nSPS) is 11.2. The molecule has 0 spiro atoms. The first-order valence-electron chi connectivity index (χ1n) is 14.1. The van der Waals surface area contributed by atoms with Gasteiger partial charge >= 0.3 is 11.9 Å². The SMILES string of the molecule is CC(=O)c1c(F)cccc1OCCCCOc1ccc(/C=C/c2cccc3c2c(CC(=O)O)cn3CCCC(=O)O)cc1. The van der Waals surface area contributed by atoms with Crippen LogP contribution in [-0.4, -0.2) is 45.7 Å². The van der Waals surface area contributed by atoms with Gasteiger partial charge in [-0.25, -0.2) is 4.39 Å². The van der Waals surface area contributed by atoms with Crippen molar-refractivity contribution in [3.8, 4) is 11.5 Å². The van der Waals surface area contributed by atoms with Crippen molar-refractivity contribution in [2.75, 3.05) is 13.2 Å². The molecule has 1 heterocycles. The summed E-state index contributed by atoms with van der Waals surface area (Å²) in [7, 11) is 0. The zero-order valence-electron chi connectivity index (χ0n) is 23.9. The third kappa shape index (κ3) is 8.54. The number of rotatable bonds is 16. The Morgan fingerprint density at radius 2 is 1.58 bits per heavy atom. The van der Waals surface area contributed by atoms with E-state index in [9.17, 15) is 23.9 Å². The molecule has 0 aliphatic carbocycles. The second-order valence-corrected chi connectivity index (χ2v) is 10.1. The average molecular weight is 588 g/mol. The zero-order valence-corrected chi connectivity index (χ0v) is 23.9. The Labute approximate surface area is 249 Å². The topological polar surface area (TPSA) is 115 Å². The van der Waals surface area contributed by atoms with Crippen LogP contribution < -0.4 is 9.47 Å². The molecule has 1 aromatic heterocycles. The maximum absolute atomic E-state index is 13.9. The largest absolute Gasteiger partial charge is 0.494 e. The molecule has 0 atom stereocenters. The van der Waals surface area contributed by atoms with Gasteiger partial charge in [-0.1, -0.05) is 42.5 Å². The molecule has 0 saturated heterocycles. The smallest absolute Gasteiger partial charge is 0.307 e. The van der Waals surface area contributed by atoms with E-state index >= 15 is 0 Å². The van der Waals surface area contributed by atoms with Gasteiger partial charge in [0.25, 0.3) is 0 Å². The molecule has 0 bridgehead atoms. The van der Waals surface area contributed by atoms with Crippen LogP contribution in [0.3, 0.4) is 0 Å². The third-order valence-corrected chi connectivity index (χ3v) is 6.88. The fourth-order valence-corrected chi connectivity index (χ4v) is 4.89. The number of fused-ring (bicyclic) bond motifs is 1. The van der Waals surface area contributed by atoms with Crippen LogP contribution in [0.15, 0.2) is 66.9 Å². The van der Waals surface area contributed by atoms with Gasteiger partial charge in [-0.05, 0) is 73.2 Å². The van der Waals surface area contributed by atoms with Gasteiger partial charge in [0.15, 0.2) is 5.78 Å². The van der Waals surface area contributed by atoms with Gasteiger partial charge in [0.2, 0.25) is 0 Å². The number of aliphatic carboxylic acids is 2. The highest BCUT2D eigenvalue weighted by Gasteiger charge is 2.15. The van der Waals surface area contributed by atoms with Crippen LogP contribution in [-0.2, 0) is 22.6 Å². The van der Waals surface area contributed by atoms with E-state index in [1.165, 1.54) is 19.1 Å². The molecule has 4 rings (SSSR count). The Balaban J connectivity index is 1.33. The predicted molar refractivity (Wildman–Crippen MR) is 162 cm³/mol. The van der Waals surface area contributed by atoms with Gasteiger partial charge in [-0.2, -0.15) is 0 Å². The summed E-state index contributed by atoms with van der Waals surface area (Å²) in [6.45, 7) is 2.60. The standard InChI is InChI=1S/C34H34FNO7/c1-23(37)33-28(35)8-5-10-30(33)43-20-3-2-19-42-27-16-13-24(14-17-27)12-15-25-7-4-9-29-34(25)26(21-32(40)41)22-36(29)18-6-11-31(38)39/h4-5,7-10,12-17,22H,2-3,6,11,18-21H2,1H3,(H,38,39)(H,40,41)/b15-12+. The van der Waals surface area contributed by atoms with Crippen molar-refractivity contribution in [3.05, 3.63) is 94.9 Å². The van der Waals surface area contributed by atoms with Crippen LogP contribution in [0.4, 0.5) is 4.39 Å². The van der Waals surface area contributed by atoms with Crippen molar-refractivity contribution in [1.29, 1.82) is 0 Å². The molecule has 2 N–H and O–H groups in total. The number of hydrogen-bond acceptors (Lipinski definition) is 5. The van der Waals surface area contributed by atoms with E-state index in [1.807, 2.05) is 59.2 Å². The monoisotopic (exact) mass is 587 g/mol. The molecule has 0 aliphatic rings. The maximum atomic E-state index is 13.9. The molecule has 3 aromatic carbocycles. The number of halogens is 1. The lowest BCUT2D eigenvalue weighted by atomic mass is 10.0. The lowest BCUT2D eigenvalue weighted by molar-refractivity contribution is -0.137. The van der Waals surface area contributed by atoms with Gasteiger partial charge in [0.1, 0.15) is 17.3 Å². The van der Waals surface area contributed by atoms with Gasteiger partial charge in [-0.15, -0.1) is 0 Å². The summed E-state index contributed by atoms with van der Waals surface area (Å²) >= 11 is 0. The van der Waals surface area contributed by atoms with Gasteiger partial charge < -0.3 is 24.3 Å². The Morgan fingerprint density at radius 1 is 0.860 bits per heavy atom. The summed E-state index contributed by atoms with van der Waals surface area (Å²) in [5.74, 6) is -1.79. The molecule has 0 amide bonds. The lowest BCUT2D eigenvalue weighted by Crippen LogP contribution is -2.06. The quantitative estimate of drug-likeness (QED) is 0.0834. The number of nitrogens with zero attached hydrogens (tertiary/aromatic N) is 1. The summed E-state index contributed by atoms with van der Waals surface area (Å²) in [5.41, 5.74) is 3.34. The molecule has 0 unspecified atom stereocenters.